The van der Waals surface area contributed by atoms with E-state index >= 15 is 0 Å². The maximum absolute atomic E-state index is 12.5. The number of ether oxygens (including phenoxy) is 1. The highest BCUT2D eigenvalue weighted by Crippen LogP contribution is 2.44. The number of hydrogen-bond acceptors (Lipinski definition) is 7. The topological polar surface area (TPSA) is 120 Å². The Kier molecular flexibility index (Phi) is 5.68. The molecule has 0 unspecified atom stereocenters. The number of nitrogens with zero attached hydrogens (tertiary/aromatic N) is 3. The standard InChI is InChI=1S/C28H20N4O6/c33-25(38-32-26(34)22-11-5-6-12-23(22)27(32)35)15-31-14-17(13-29-31)30-28(36)37-16-24-20-9-3-1-7-18(20)19-8-2-4-10-21(19)24/h1-14,24H,15-16H2,(H,30,36). The molecule has 1 aromatic heterocycles. The summed E-state index contributed by atoms with van der Waals surface area (Å²) in [6.07, 6.45) is 2.09. The average Bonchev–Trinajstić information content (AvgIpc) is 3.57. The third kappa shape index (κ3) is 4.07. The Balaban J connectivity index is 1.04. The Morgan fingerprint density at radius 2 is 1.37 bits per heavy atom. The molecule has 6 rings (SSSR count). The highest BCUT2D eigenvalue weighted by molar-refractivity contribution is 6.20. The number of imide groups is 1. The van der Waals surface area contributed by atoms with E-state index in [1.165, 1.54) is 29.2 Å². The molecule has 38 heavy (non-hydrogen) atoms. The van der Waals surface area contributed by atoms with Gasteiger partial charge in [-0.1, -0.05) is 65.7 Å². The minimum atomic E-state index is -0.879. The number of aromatic nitrogens is 2. The number of fused-ring (bicyclic) bond motifs is 4. The van der Waals surface area contributed by atoms with Crippen molar-refractivity contribution in [3.63, 3.8) is 0 Å². The molecular weight excluding hydrogens is 488 g/mol. The van der Waals surface area contributed by atoms with Crippen LogP contribution in [0.2, 0.25) is 0 Å². The summed E-state index contributed by atoms with van der Waals surface area (Å²) in [6, 6.07) is 22.3. The second-order valence-electron chi connectivity index (χ2n) is 8.79. The molecule has 0 spiro atoms. The highest BCUT2D eigenvalue weighted by atomic mass is 16.7. The molecule has 1 N–H and O–H groups in total. The lowest BCUT2D eigenvalue weighted by Crippen LogP contribution is -2.34. The molecule has 0 radical (unpaired) electrons. The monoisotopic (exact) mass is 508 g/mol. The third-order valence-corrected chi connectivity index (χ3v) is 6.46. The van der Waals surface area contributed by atoms with Crippen LogP contribution in [0.1, 0.15) is 37.8 Å². The van der Waals surface area contributed by atoms with Gasteiger partial charge in [-0.25, -0.2) is 9.59 Å². The van der Waals surface area contributed by atoms with E-state index in [9.17, 15) is 19.2 Å². The molecule has 2 heterocycles. The number of hydrogen-bond donors (Lipinski definition) is 1. The lowest BCUT2D eigenvalue weighted by Gasteiger charge is -2.14. The van der Waals surface area contributed by atoms with Gasteiger partial charge in [0.15, 0.2) is 0 Å². The van der Waals surface area contributed by atoms with Crippen molar-refractivity contribution >= 4 is 29.6 Å². The Labute approximate surface area is 216 Å². The van der Waals surface area contributed by atoms with Gasteiger partial charge in [-0.15, -0.1) is 0 Å². The summed E-state index contributed by atoms with van der Waals surface area (Å²) in [5, 5.41) is 7.04. The predicted octanol–water partition coefficient (Wildman–Crippen LogP) is 4.00. The lowest BCUT2D eigenvalue weighted by molar-refractivity contribution is -0.169. The SMILES string of the molecule is O=C(Cn1cc(NC(=O)OCC2c3ccccc3-c3ccccc32)cn1)ON1C(=O)c2ccccc2C1=O. The van der Waals surface area contributed by atoms with Gasteiger partial charge in [-0.2, -0.15) is 5.10 Å². The normalized spacial score (nSPS) is 13.6. The van der Waals surface area contributed by atoms with Crippen LogP contribution in [0.25, 0.3) is 11.1 Å². The Hall–Kier alpha value is -5.25. The number of carbonyl (C=O) groups excluding carboxylic acids is 4. The maximum atomic E-state index is 12.5. The van der Waals surface area contributed by atoms with Crippen molar-refractivity contribution in [1.82, 2.24) is 14.8 Å². The zero-order valence-electron chi connectivity index (χ0n) is 19.9. The van der Waals surface area contributed by atoms with E-state index < -0.39 is 23.9 Å². The van der Waals surface area contributed by atoms with E-state index in [-0.39, 0.29) is 30.2 Å². The van der Waals surface area contributed by atoms with Crippen LogP contribution in [-0.4, -0.2) is 45.3 Å². The van der Waals surface area contributed by atoms with Crippen LogP contribution in [0.4, 0.5) is 10.5 Å². The summed E-state index contributed by atoms with van der Waals surface area (Å²) in [5.74, 6) is -2.38. The van der Waals surface area contributed by atoms with Crippen molar-refractivity contribution in [2.75, 3.05) is 11.9 Å². The molecule has 4 aromatic rings. The molecule has 0 saturated heterocycles. The molecule has 3 amide bonds. The first-order chi connectivity index (χ1) is 18.5. The first kappa shape index (κ1) is 23.2. The number of rotatable bonds is 6. The van der Waals surface area contributed by atoms with Gasteiger partial charge in [0.25, 0.3) is 11.8 Å². The fourth-order valence-electron chi connectivity index (χ4n) is 4.78. The van der Waals surface area contributed by atoms with Crippen molar-refractivity contribution in [2.24, 2.45) is 0 Å². The van der Waals surface area contributed by atoms with Gasteiger partial charge in [0, 0.05) is 12.1 Å². The Morgan fingerprint density at radius 3 is 1.97 bits per heavy atom. The number of nitrogens with one attached hydrogen (secondary N) is 1. The van der Waals surface area contributed by atoms with Crippen LogP contribution in [0.3, 0.4) is 0 Å². The average molecular weight is 508 g/mol. The first-order valence-electron chi connectivity index (χ1n) is 11.8. The van der Waals surface area contributed by atoms with Crippen LogP contribution in [0.15, 0.2) is 85.2 Å². The molecule has 3 aromatic carbocycles. The lowest BCUT2D eigenvalue weighted by atomic mass is 9.98. The number of benzene rings is 3. The summed E-state index contributed by atoms with van der Waals surface area (Å²) in [7, 11) is 0. The molecule has 10 nitrogen and oxygen atoms in total. The Morgan fingerprint density at radius 1 is 0.816 bits per heavy atom. The van der Waals surface area contributed by atoms with Gasteiger partial charge in [-0.05, 0) is 34.4 Å². The molecule has 0 saturated carbocycles. The molecule has 0 bridgehead atoms. The van der Waals surface area contributed by atoms with Gasteiger partial charge < -0.3 is 9.57 Å². The predicted molar refractivity (Wildman–Crippen MR) is 134 cm³/mol. The van der Waals surface area contributed by atoms with E-state index in [0.717, 1.165) is 22.3 Å². The van der Waals surface area contributed by atoms with Crippen molar-refractivity contribution in [2.45, 2.75) is 12.5 Å². The molecule has 1 aliphatic carbocycles. The van der Waals surface area contributed by atoms with Gasteiger partial charge >= 0.3 is 12.1 Å². The highest BCUT2D eigenvalue weighted by Gasteiger charge is 2.38. The van der Waals surface area contributed by atoms with Gasteiger partial charge in [0.1, 0.15) is 13.2 Å². The number of amides is 3. The molecular formula is C28H20N4O6. The fourth-order valence-corrected chi connectivity index (χ4v) is 4.78. The molecule has 10 heteroatoms. The van der Waals surface area contributed by atoms with E-state index in [0.29, 0.717) is 10.8 Å². The molecule has 0 fully saturated rings. The number of carbonyl (C=O) groups is 4. The number of anilines is 1. The van der Waals surface area contributed by atoms with Gasteiger partial charge in [-0.3, -0.25) is 19.6 Å². The summed E-state index contributed by atoms with van der Waals surface area (Å²) in [4.78, 5) is 54.5. The molecule has 188 valence electrons. The van der Waals surface area contributed by atoms with Crippen molar-refractivity contribution in [3.8, 4) is 11.1 Å². The van der Waals surface area contributed by atoms with Crippen LogP contribution in [0, 0.1) is 0 Å². The first-order valence-corrected chi connectivity index (χ1v) is 11.8. The second kappa shape index (κ2) is 9.32. The van der Waals surface area contributed by atoms with Crippen LogP contribution in [0.5, 0.6) is 0 Å². The fraction of sp³-hybridized carbons (Fsp3) is 0.107. The van der Waals surface area contributed by atoms with E-state index in [1.807, 2.05) is 36.4 Å². The van der Waals surface area contributed by atoms with E-state index in [2.05, 4.69) is 22.5 Å². The van der Waals surface area contributed by atoms with Crippen LogP contribution >= 0.6 is 0 Å². The van der Waals surface area contributed by atoms with E-state index in [4.69, 9.17) is 9.57 Å². The largest absolute Gasteiger partial charge is 0.448 e. The van der Waals surface area contributed by atoms with Crippen LogP contribution < -0.4 is 5.32 Å². The van der Waals surface area contributed by atoms with Crippen molar-refractivity contribution in [1.29, 1.82) is 0 Å². The Bertz CT molecular complexity index is 1530. The zero-order chi connectivity index (χ0) is 26.2. The summed E-state index contributed by atoms with van der Waals surface area (Å²) >= 11 is 0. The minimum Gasteiger partial charge on any atom is -0.448 e. The quantitative estimate of drug-likeness (QED) is 0.391. The smallest absolute Gasteiger partial charge is 0.411 e. The van der Waals surface area contributed by atoms with Gasteiger partial charge in [0.2, 0.25) is 0 Å². The summed E-state index contributed by atoms with van der Waals surface area (Å²) in [5.41, 5.74) is 5.10. The third-order valence-electron chi connectivity index (χ3n) is 6.46. The van der Waals surface area contributed by atoms with Gasteiger partial charge in [0.05, 0.1) is 23.0 Å². The van der Waals surface area contributed by atoms with Crippen molar-refractivity contribution < 1.29 is 28.8 Å². The summed E-state index contributed by atoms with van der Waals surface area (Å²) in [6.45, 7) is -0.236. The zero-order valence-corrected chi connectivity index (χ0v) is 19.9. The number of hydroxylamine groups is 2. The maximum Gasteiger partial charge on any atom is 0.411 e. The minimum absolute atomic E-state index is 0.0761. The van der Waals surface area contributed by atoms with E-state index in [1.54, 1.807) is 12.1 Å². The van der Waals surface area contributed by atoms with Crippen LogP contribution in [-0.2, 0) is 20.9 Å². The van der Waals surface area contributed by atoms with Crippen molar-refractivity contribution in [3.05, 3.63) is 107 Å². The molecule has 2 aliphatic rings. The molecule has 1 aliphatic heterocycles. The summed E-state index contributed by atoms with van der Waals surface area (Å²) < 4.78 is 6.72. The molecule has 0 atom stereocenters. The second-order valence-corrected chi connectivity index (χ2v) is 8.79.